The summed E-state index contributed by atoms with van der Waals surface area (Å²) in [6, 6.07) is 5.83. The first-order chi connectivity index (χ1) is 11.4. The van der Waals surface area contributed by atoms with E-state index in [0.29, 0.717) is 23.6 Å². The van der Waals surface area contributed by atoms with E-state index in [0.717, 1.165) is 6.42 Å². The molecule has 3 unspecified atom stereocenters. The average Bonchev–Trinajstić information content (AvgIpc) is 3.21. The molecule has 2 aliphatic rings. The smallest absolute Gasteiger partial charge is 0.326 e. The molecule has 0 aromatic heterocycles. The number of anilines is 1. The number of benzene rings is 1. The minimum absolute atomic E-state index is 0.0274. The molecule has 2 amide bonds. The van der Waals surface area contributed by atoms with E-state index in [4.69, 9.17) is 11.1 Å². The number of carbonyl (C=O) groups is 3. The van der Waals surface area contributed by atoms with Gasteiger partial charge in [-0.3, -0.25) is 15.0 Å². The number of rotatable bonds is 6. The summed E-state index contributed by atoms with van der Waals surface area (Å²) < 4.78 is 0. The molecule has 5 N–H and O–H groups in total. The lowest BCUT2D eigenvalue weighted by Crippen LogP contribution is -2.45. The monoisotopic (exact) mass is 330 g/mol. The van der Waals surface area contributed by atoms with Crippen molar-refractivity contribution < 1.29 is 19.5 Å². The summed E-state index contributed by atoms with van der Waals surface area (Å²) in [5.74, 6) is -1.84. The first kappa shape index (κ1) is 16.0. The number of piperidine rings is 1. The van der Waals surface area contributed by atoms with Gasteiger partial charge in [-0.2, -0.15) is 0 Å². The van der Waals surface area contributed by atoms with Crippen LogP contribution >= 0.6 is 0 Å². The summed E-state index contributed by atoms with van der Waals surface area (Å²) in [5.41, 5.74) is 5.53. The second-order valence-corrected chi connectivity index (χ2v) is 6.09. The number of nitrogens with two attached hydrogens (primary N) is 1. The van der Waals surface area contributed by atoms with Crippen LogP contribution in [0.4, 0.5) is 5.69 Å². The van der Waals surface area contributed by atoms with Crippen LogP contribution in [0.3, 0.4) is 0 Å². The summed E-state index contributed by atoms with van der Waals surface area (Å²) in [5, 5.41) is 19.8. The quantitative estimate of drug-likeness (QED) is 0.545. The molecule has 8 nitrogen and oxygen atoms in total. The van der Waals surface area contributed by atoms with Crippen LogP contribution in [0.15, 0.2) is 24.3 Å². The highest BCUT2D eigenvalue weighted by molar-refractivity contribution is 6.44. The maximum Gasteiger partial charge on any atom is 0.326 e. The van der Waals surface area contributed by atoms with Gasteiger partial charge in [-0.1, -0.05) is 18.2 Å². The number of hydrogen-bond donors (Lipinski definition) is 4. The Labute approximate surface area is 138 Å². The predicted molar refractivity (Wildman–Crippen MR) is 85.7 cm³/mol. The van der Waals surface area contributed by atoms with Crippen molar-refractivity contribution in [3.63, 3.8) is 0 Å². The van der Waals surface area contributed by atoms with Gasteiger partial charge in [-0.05, 0) is 24.8 Å². The number of amides is 2. The Bertz CT molecular complexity index is 733. The standard InChI is InChI=1S/C16H18N4O4/c17-14(15(18)22)9-3-1-2-4-10(9)19-7-13(21)20-11-5-8(11)6-12(20)16(23)24/h1-4,8,11-12,17,19H,5-7H2,(H2,18,22)(H,23,24). The lowest BCUT2D eigenvalue weighted by atomic mass is 10.1. The van der Waals surface area contributed by atoms with Gasteiger partial charge < -0.3 is 21.1 Å². The van der Waals surface area contributed by atoms with Gasteiger partial charge >= 0.3 is 5.97 Å². The van der Waals surface area contributed by atoms with Crippen LogP contribution in [0, 0.1) is 11.3 Å². The minimum atomic E-state index is -0.980. The van der Waals surface area contributed by atoms with E-state index in [1.807, 2.05) is 0 Å². The average molecular weight is 330 g/mol. The molecular formula is C16H18N4O4. The Morgan fingerprint density at radius 3 is 2.67 bits per heavy atom. The van der Waals surface area contributed by atoms with E-state index in [1.165, 1.54) is 4.90 Å². The number of aliphatic carboxylic acids is 1. The highest BCUT2D eigenvalue weighted by atomic mass is 16.4. The number of carboxylic acid groups (broad SMARTS) is 1. The Morgan fingerprint density at radius 1 is 1.29 bits per heavy atom. The molecule has 1 saturated carbocycles. The summed E-state index contributed by atoms with van der Waals surface area (Å²) in [6.07, 6.45) is 1.37. The van der Waals surface area contributed by atoms with Gasteiger partial charge in [-0.25, -0.2) is 4.79 Å². The van der Waals surface area contributed by atoms with Gasteiger partial charge in [0.2, 0.25) is 5.91 Å². The maximum absolute atomic E-state index is 12.4. The first-order valence-electron chi connectivity index (χ1n) is 7.65. The van der Waals surface area contributed by atoms with Gasteiger partial charge in [-0.15, -0.1) is 0 Å². The number of hydrogen-bond acceptors (Lipinski definition) is 5. The fourth-order valence-corrected chi connectivity index (χ4v) is 3.29. The van der Waals surface area contributed by atoms with Crippen molar-refractivity contribution in [2.75, 3.05) is 11.9 Å². The van der Waals surface area contributed by atoms with Crippen molar-refractivity contribution in [2.24, 2.45) is 11.7 Å². The van der Waals surface area contributed by atoms with E-state index in [9.17, 15) is 19.5 Å². The largest absolute Gasteiger partial charge is 0.480 e. The number of nitrogens with one attached hydrogen (secondary N) is 2. The topological polar surface area (TPSA) is 137 Å². The van der Waals surface area contributed by atoms with Crippen LogP contribution in [0.25, 0.3) is 0 Å². The van der Waals surface area contributed by atoms with Crippen molar-refractivity contribution in [2.45, 2.75) is 24.9 Å². The highest BCUT2D eigenvalue weighted by Crippen LogP contribution is 2.47. The highest BCUT2D eigenvalue weighted by Gasteiger charge is 2.56. The van der Waals surface area contributed by atoms with Crippen LogP contribution in [-0.4, -0.2) is 52.1 Å². The first-order valence-corrected chi connectivity index (χ1v) is 7.65. The van der Waals surface area contributed by atoms with E-state index >= 15 is 0 Å². The Hall–Kier alpha value is -2.90. The molecule has 1 saturated heterocycles. The van der Waals surface area contributed by atoms with Crippen molar-refractivity contribution >= 4 is 29.2 Å². The maximum atomic E-state index is 12.4. The Balaban J connectivity index is 1.70. The van der Waals surface area contributed by atoms with E-state index in [2.05, 4.69) is 5.32 Å². The molecule has 0 spiro atoms. The lowest BCUT2D eigenvalue weighted by molar-refractivity contribution is -0.148. The normalized spacial score (nSPS) is 24.2. The van der Waals surface area contributed by atoms with Gasteiger partial charge in [0.15, 0.2) is 0 Å². The summed E-state index contributed by atoms with van der Waals surface area (Å²) in [6.45, 7) is -0.101. The molecular weight excluding hydrogens is 312 g/mol. The summed E-state index contributed by atoms with van der Waals surface area (Å²) >= 11 is 0. The molecule has 1 aromatic carbocycles. The third-order valence-electron chi connectivity index (χ3n) is 4.55. The van der Waals surface area contributed by atoms with Crippen LogP contribution < -0.4 is 11.1 Å². The molecule has 0 bridgehead atoms. The second-order valence-electron chi connectivity index (χ2n) is 6.09. The van der Waals surface area contributed by atoms with Crippen molar-refractivity contribution in [3.8, 4) is 0 Å². The van der Waals surface area contributed by atoms with Crippen molar-refractivity contribution in [1.82, 2.24) is 4.90 Å². The number of para-hydroxylation sites is 1. The molecule has 1 aliphatic heterocycles. The van der Waals surface area contributed by atoms with Gasteiger partial charge in [0.1, 0.15) is 11.8 Å². The van der Waals surface area contributed by atoms with Gasteiger partial charge in [0, 0.05) is 17.3 Å². The van der Waals surface area contributed by atoms with Crippen LogP contribution in [0.1, 0.15) is 18.4 Å². The fourth-order valence-electron chi connectivity index (χ4n) is 3.29. The molecule has 1 aliphatic carbocycles. The molecule has 0 radical (unpaired) electrons. The van der Waals surface area contributed by atoms with Gasteiger partial charge in [0.25, 0.3) is 5.91 Å². The van der Waals surface area contributed by atoms with Crippen molar-refractivity contribution in [1.29, 1.82) is 5.41 Å². The number of carbonyl (C=O) groups excluding carboxylic acids is 2. The van der Waals surface area contributed by atoms with Gasteiger partial charge in [0.05, 0.1) is 6.54 Å². The third-order valence-corrected chi connectivity index (χ3v) is 4.55. The zero-order valence-electron chi connectivity index (χ0n) is 12.9. The second kappa shape index (κ2) is 5.95. The number of likely N-dealkylation sites (tertiary alicyclic amines) is 1. The van der Waals surface area contributed by atoms with Crippen LogP contribution in [-0.2, 0) is 14.4 Å². The molecule has 8 heteroatoms. The molecule has 3 rings (SSSR count). The number of nitrogens with zero attached hydrogens (tertiary/aromatic N) is 1. The lowest BCUT2D eigenvalue weighted by Gasteiger charge is -2.25. The molecule has 1 heterocycles. The number of fused-ring (bicyclic) bond motifs is 1. The zero-order chi connectivity index (χ0) is 17.4. The summed E-state index contributed by atoms with van der Waals surface area (Å²) in [7, 11) is 0. The molecule has 126 valence electrons. The van der Waals surface area contributed by atoms with E-state index in [1.54, 1.807) is 24.3 Å². The number of carboxylic acids is 1. The zero-order valence-corrected chi connectivity index (χ0v) is 12.9. The summed E-state index contributed by atoms with van der Waals surface area (Å²) in [4.78, 5) is 36.4. The third kappa shape index (κ3) is 2.82. The molecule has 2 fully saturated rings. The Morgan fingerprint density at radius 2 is 2.00 bits per heavy atom. The van der Waals surface area contributed by atoms with E-state index < -0.39 is 17.9 Å². The van der Waals surface area contributed by atoms with Crippen molar-refractivity contribution in [3.05, 3.63) is 29.8 Å². The van der Waals surface area contributed by atoms with Crippen LogP contribution in [0.5, 0.6) is 0 Å². The molecule has 1 aromatic rings. The molecule has 24 heavy (non-hydrogen) atoms. The fraction of sp³-hybridized carbons (Fsp3) is 0.375. The Kier molecular flexibility index (Phi) is 3.96. The molecule has 3 atom stereocenters. The minimum Gasteiger partial charge on any atom is -0.480 e. The van der Waals surface area contributed by atoms with E-state index in [-0.39, 0.29) is 24.2 Å². The predicted octanol–water partition coefficient (Wildman–Crippen LogP) is 0.0257. The van der Waals surface area contributed by atoms with Crippen LogP contribution in [0.2, 0.25) is 0 Å². The number of primary amides is 1. The SMILES string of the molecule is N=C(C(N)=O)c1ccccc1NCC(=O)N1C(C(=O)O)CC2CC21.